The Bertz CT molecular complexity index is 433. The second-order valence-corrected chi connectivity index (χ2v) is 6.19. The van der Waals surface area contributed by atoms with Gasteiger partial charge in [0.25, 0.3) is 0 Å². The fraction of sp³-hybridized carbons (Fsp3) is 0.647. The molecule has 0 bridgehead atoms. The molecule has 0 saturated carbocycles. The van der Waals surface area contributed by atoms with Crippen molar-refractivity contribution >= 4 is 11.6 Å². The van der Waals surface area contributed by atoms with Gasteiger partial charge in [0, 0.05) is 23.2 Å². The molecule has 2 rings (SSSR count). The van der Waals surface area contributed by atoms with Crippen molar-refractivity contribution in [3.8, 4) is 5.75 Å². The zero-order valence-electron chi connectivity index (χ0n) is 13.2. The molecule has 21 heavy (non-hydrogen) atoms. The van der Waals surface area contributed by atoms with Crippen molar-refractivity contribution in [3.63, 3.8) is 0 Å². The molecule has 4 heteroatoms. The Morgan fingerprint density at radius 1 is 1.33 bits per heavy atom. The van der Waals surface area contributed by atoms with Crippen molar-refractivity contribution in [3.05, 3.63) is 28.8 Å². The lowest BCUT2D eigenvalue weighted by molar-refractivity contribution is 0.235. The highest BCUT2D eigenvalue weighted by molar-refractivity contribution is 6.30. The molecule has 1 heterocycles. The molecule has 1 aromatic carbocycles. The minimum Gasteiger partial charge on any atom is -0.492 e. The van der Waals surface area contributed by atoms with Gasteiger partial charge in [-0.15, -0.1) is 0 Å². The van der Waals surface area contributed by atoms with Crippen molar-refractivity contribution in [2.75, 3.05) is 32.8 Å². The first-order valence-corrected chi connectivity index (χ1v) is 8.46. The van der Waals surface area contributed by atoms with Gasteiger partial charge in [0.2, 0.25) is 0 Å². The van der Waals surface area contributed by atoms with Gasteiger partial charge in [-0.3, -0.25) is 4.90 Å². The summed E-state index contributed by atoms with van der Waals surface area (Å²) in [5.41, 5.74) is 1.15. The van der Waals surface area contributed by atoms with Crippen LogP contribution >= 0.6 is 11.6 Å². The van der Waals surface area contributed by atoms with E-state index in [9.17, 15) is 0 Å². The molecular weight excluding hydrogens is 284 g/mol. The van der Waals surface area contributed by atoms with E-state index in [4.69, 9.17) is 16.3 Å². The zero-order valence-corrected chi connectivity index (χ0v) is 14.0. The van der Waals surface area contributed by atoms with Crippen molar-refractivity contribution in [1.29, 1.82) is 0 Å². The largest absolute Gasteiger partial charge is 0.492 e. The summed E-state index contributed by atoms with van der Waals surface area (Å²) < 4.78 is 6.01. The average Bonchev–Trinajstić information content (AvgIpc) is 2.99. The number of hydrogen-bond acceptors (Lipinski definition) is 3. The number of benzene rings is 1. The van der Waals surface area contributed by atoms with Crippen LogP contribution in [0.3, 0.4) is 0 Å². The van der Waals surface area contributed by atoms with E-state index in [0.717, 1.165) is 42.5 Å². The van der Waals surface area contributed by atoms with Gasteiger partial charge in [0.15, 0.2) is 0 Å². The summed E-state index contributed by atoms with van der Waals surface area (Å²) in [6.07, 6.45) is 3.77. The quantitative estimate of drug-likeness (QED) is 0.788. The minimum absolute atomic E-state index is 0.255. The van der Waals surface area contributed by atoms with Crippen molar-refractivity contribution in [2.45, 2.75) is 39.2 Å². The monoisotopic (exact) mass is 310 g/mol. The normalized spacial score (nSPS) is 17.1. The summed E-state index contributed by atoms with van der Waals surface area (Å²) in [4.78, 5) is 2.47. The molecule has 1 aromatic rings. The van der Waals surface area contributed by atoms with E-state index in [1.54, 1.807) is 0 Å². The molecule has 1 unspecified atom stereocenters. The maximum atomic E-state index is 6.14. The van der Waals surface area contributed by atoms with Crippen LogP contribution in [0.2, 0.25) is 5.02 Å². The molecule has 0 spiro atoms. The summed E-state index contributed by atoms with van der Waals surface area (Å²) in [6.45, 7) is 9.52. The third kappa shape index (κ3) is 5.17. The molecule has 1 N–H and O–H groups in total. The van der Waals surface area contributed by atoms with Gasteiger partial charge in [-0.05, 0) is 64.0 Å². The molecule has 3 nitrogen and oxygen atoms in total. The Kier molecular flexibility index (Phi) is 6.81. The Balaban J connectivity index is 1.93. The number of likely N-dealkylation sites (tertiary alicyclic amines) is 1. The average molecular weight is 311 g/mol. The predicted molar refractivity (Wildman–Crippen MR) is 89.3 cm³/mol. The van der Waals surface area contributed by atoms with Gasteiger partial charge in [-0.2, -0.15) is 0 Å². The van der Waals surface area contributed by atoms with Gasteiger partial charge < -0.3 is 10.1 Å². The van der Waals surface area contributed by atoms with Crippen LogP contribution in [-0.2, 0) is 0 Å². The fourth-order valence-corrected chi connectivity index (χ4v) is 2.93. The van der Waals surface area contributed by atoms with E-state index < -0.39 is 0 Å². The van der Waals surface area contributed by atoms with Crippen LogP contribution < -0.4 is 10.1 Å². The van der Waals surface area contributed by atoms with Crippen LogP contribution in [-0.4, -0.2) is 37.7 Å². The lowest BCUT2D eigenvalue weighted by Gasteiger charge is -2.20. The van der Waals surface area contributed by atoms with Gasteiger partial charge >= 0.3 is 0 Å². The lowest BCUT2D eigenvalue weighted by atomic mass is 10.1. The predicted octanol–water partition coefficient (Wildman–Crippen LogP) is 3.88. The Hall–Kier alpha value is -0.770. The van der Waals surface area contributed by atoms with Crippen molar-refractivity contribution in [2.24, 2.45) is 0 Å². The molecule has 1 fully saturated rings. The van der Waals surface area contributed by atoms with E-state index in [-0.39, 0.29) is 6.04 Å². The summed E-state index contributed by atoms with van der Waals surface area (Å²) in [5, 5.41) is 4.26. The Labute approximate surface area is 133 Å². The number of rotatable bonds is 8. The van der Waals surface area contributed by atoms with E-state index in [1.165, 1.54) is 25.9 Å². The van der Waals surface area contributed by atoms with Gasteiger partial charge in [0.1, 0.15) is 12.4 Å². The molecule has 1 aliphatic heterocycles. The summed E-state index contributed by atoms with van der Waals surface area (Å²) in [7, 11) is 0. The maximum Gasteiger partial charge on any atom is 0.124 e. The van der Waals surface area contributed by atoms with Crippen molar-refractivity contribution in [1.82, 2.24) is 10.2 Å². The maximum absolute atomic E-state index is 6.14. The molecule has 1 saturated heterocycles. The van der Waals surface area contributed by atoms with E-state index in [1.807, 2.05) is 18.2 Å². The smallest absolute Gasteiger partial charge is 0.124 e. The van der Waals surface area contributed by atoms with Crippen LogP contribution in [0.1, 0.15) is 44.7 Å². The molecule has 118 valence electrons. The first kappa shape index (κ1) is 16.6. The van der Waals surface area contributed by atoms with E-state index in [2.05, 4.69) is 24.1 Å². The van der Waals surface area contributed by atoms with Gasteiger partial charge in [-0.1, -0.05) is 18.5 Å². The summed E-state index contributed by atoms with van der Waals surface area (Å²) in [5.74, 6) is 0.953. The van der Waals surface area contributed by atoms with Crippen LogP contribution in [0.25, 0.3) is 0 Å². The molecule has 0 aromatic heterocycles. The fourth-order valence-electron chi connectivity index (χ4n) is 2.75. The van der Waals surface area contributed by atoms with Crippen LogP contribution in [0.5, 0.6) is 5.75 Å². The standard InChI is InChI=1S/C17H27ClN2O/c1-3-8-19-14(2)16-13-15(18)6-7-17(16)21-12-11-20-9-4-5-10-20/h6-7,13-14,19H,3-5,8-12H2,1-2H3. The molecule has 0 aliphatic carbocycles. The number of ether oxygens (including phenoxy) is 1. The van der Waals surface area contributed by atoms with E-state index in [0.29, 0.717) is 0 Å². The highest BCUT2D eigenvalue weighted by Crippen LogP contribution is 2.28. The number of nitrogens with one attached hydrogen (secondary N) is 1. The second kappa shape index (κ2) is 8.62. The van der Waals surface area contributed by atoms with Gasteiger partial charge in [-0.25, -0.2) is 0 Å². The molecule has 0 amide bonds. The van der Waals surface area contributed by atoms with Gasteiger partial charge in [0.05, 0.1) is 0 Å². The third-order valence-corrected chi connectivity index (χ3v) is 4.24. The van der Waals surface area contributed by atoms with Crippen LogP contribution in [0, 0.1) is 0 Å². The first-order valence-electron chi connectivity index (χ1n) is 8.08. The minimum atomic E-state index is 0.255. The number of hydrogen-bond donors (Lipinski definition) is 1. The second-order valence-electron chi connectivity index (χ2n) is 5.76. The lowest BCUT2D eigenvalue weighted by Crippen LogP contribution is -2.25. The Morgan fingerprint density at radius 2 is 2.10 bits per heavy atom. The SMILES string of the molecule is CCCNC(C)c1cc(Cl)ccc1OCCN1CCCC1. The molecule has 0 radical (unpaired) electrons. The van der Waals surface area contributed by atoms with Crippen LogP contribution in [0.15, 0.2) is 18.2 Å². The highest BCUT2D eigenvalue weighted by Gasteiger charge is 2.14. The first-order chi connectivity index (χ1) is 10.2. The van der Waals surface area contributed by atoms with Crippen molar-refractivity contribution < 1.29 is 4.74 Å². The molecular formula is C17H27ClN2O. The third-order valence-electron chi connectivity index (χ3n) is 4.00. The Morgan fingerprint density at radius 3 is 2.81 bits per heavy atom. The van der Waals surface area contributed by atoms with E-state index >= 15 is 0 Å². The zero-order chi connectivity index (χ0) is 15.1. The number of halogens is 1. The summed E-state index contributed by atoms with van der Waals surface area (Å²) in [6, 6.07) is 6.17. The summed E-state index contributed by atoms with van der Waals surface area (Å²) >= 11 is 6.14. The van der Waals surface area contributed by atoms with Crippen LogP contribution in [0.4, 0.5) is 0 Å². The molecule has 1 atom stereocenters. The molecule has 1 aliphatic rings. The highest BCUT2D eigenvalue weighted by atomic mass is 35.5. The number of nitrogens with zero attached hydrogens (tertiary/aromatic N) is 1. The topological polar surface area (TPSA) is 24.5 Å².